The van der Waals surface area contributed by atoms with Gasteiger partial charge in [0, 0.05) is 6.04 Å². The minimum absolute atomic E-state index is 0.0187. The van der Waals surface area contributed by atoms with Gasteiger partial charge in [0.25, 0.3) is 0 Å². The van der Waals surface area contributed by atoms with E-state index in [0.717, 1.165) is 19.3 Å². The van der Waals surface area contributed by atoms with Gasteiger partial charge in [0.15, 0.2) is 0 Å². The molecule has 1 aliphatic rings. The van der Waals surface area contributed by atoms with Crippen LogP contribution in [0.2, 0.25) is 0 Å². The number of hydrogen-bond donors (Lipinski definition) is 2. The minimum Gasteiger partial charge on any atom is -0.398 e. The molecular weight excluding hydrogens is 272 g/mol. The average Bonchev–Trinajstić information content (AvgIpc) is 2.33. The summed E-state index contributed by atoms with van der Waals surface area (Å²) < 4.78 is 27.9. The lowest BCUT2D eigenvalue weighted by atomic mass is 9.79. The molecule has 4 nitrogen and oxygen atoms in total. The van der Waals surface area contributed by atoms with E-state index in [1.165, 1.54) is 0 Å². The number of sulfonamides is 1. The number of benzene rings is 1. The summed E-state index contributed by atoms with van der Waals surface area (Å²) in [5.74, 6) is 1.21. The van der Waals surface area contributed by atoms with E-state index in [0.29, 0.717) is 23.1 Å². The molecule has 1 aliphatic carbocycles. The molecule has 1 aromatic carbocycles. The molecule has 0 radical (unpaired) electrons. The summed E-state index contributed by atoms with van der Waals surface area (Å²) in [6.07, 6.45) is 2.86. The van der Waals surface area contributed by atoms with Gasteiger partial charge < -0.3 is 5.73 Å². The number of nitrogen functional groups attached to an aromatic ring is 1. The number of aryl methyl sites for hydroxylation is 1. The summed E-state index contributed by atoms with van der Waals surface area (Å²) in [7, 11) is -3.54. The Balaban J connectivity index is 2.20. The van der Waals surface area contributed by atoms with Crippen LogP contribution in [0, 0.1) is 18.8 Å². The Kier molecular flexibility index (Phi) is 4.39. The van der Waals surface area contributed by atoms with Crippen molar-refractivity contribution in [1.82, 2.24) is 4.72 Å². The van der Waals surface area contributed by atoms with Crippen molar-refractivity contribution in [2.75, 3.05) is 5.73 Å². The molecule has 1 aromatic rings. The first kappa shape index (κ1) is 15.3. The van der Waals surface area contributed by atoms with Crippen LogP contribution in [0.1, 0.15) is 38.7 Å². The van der Waals surface area contributed by atoms with Crippen molar-refractivity contribution in [3.8, 4) is 0 Å². The Morgan fingerprint density at radius 3 is 2.50 bits per heavy atom. The Morgan fingerprint density at radius 1 is 1.20 bits per heavy atom. The number of rotatable bonds is 3. The lowest BCUT2D eigenvalue weighted by Crippen LogP contribution is -2.40. The van der Waals surface area contributed by atoms with Crippen LogP contribution >= 0.6 is 0 Å². The van der Waals surface area contributed by atoms with Gasteiger partial charge in [0.2, 0.25) is 10.0 Å². The molecule has 3 unspecified atom stereocenters. The Labute approximate surface area is 121 Å². The summed E-state index contributed by atoms with van der Waals surface area (Å²) in [5.41, 5.74) is 6.85. The summed E-state index contributed by atoms with van der Waals surface area (Å²) >= 11 is 0. The summed E-state index contributed by atoms with van der Waals surface area (Å²) in [5, 5.41) is 0. The highest BCUT2D eigenvalue weighted by molar-refractivity contribution is 7.89. The molecule has 0 spiro atoms. The van der Waals surface area contributed by atoms with Gasteiger partial charge in [-0.15, -0.1) is 0 Å². The van der Waals surface area contributed by atoms with Gasteiger partial charge in [0.05, 0.1) is 5.69 Å². The molecule has 1 saturated carbocycles. The van der Waals surface area contributed by atoms with Gasteiger partial charge in [-0.2, -0.15) is 0 Å². The van der Waals surface area contributed by atoms with Gasteiger partial charge >= 0.3 is 0 Å². The molecule has 5 heteroatoms. The molecule has 0 amide bonds. The van der Waals surface area contributed by atoms with Crippen molar-refractivity contribution in [3.63, 3.8) is 0 Å². The van der Waals surface area contributed by atoms with Gasteiger partial charge in [-0.05, 0) is 49.7 Å². The number of hydrogen-bond acceptors (Lipinski definition) is 3. The van der Waals surface area contributed by atoms with Crippen molar-refractivity contribution < 1.29 is 8.42 Å². The zero-order chi connectivity index (χ0) is 14.9. The minimum atomic E-state index is -3.54. The molecule has 3 N–H and O–H groups in total. The maximum Gasteiger partial charge on any atom is 0.243 e. The third-order valence-electron chi connectivity index (χ3n) is 4.43. The summed E-state index contributed by atoms with van der Waals surface area (Å²) in [4.78, 5) is 0.228. The maximum atomic E-state index is 12.5. The first-order chi connectivity index (χ1) is 9.31. The van der Waals surface area contributed by atoms with E-state index in [1.807, 2.05) is 0 Å². The van der Waals surface area contributed by atoms with Gasteiger partial charge in [-0.1, -0.05) is 26.0 Å². The van der Waals surface area contributed by atoms with E-state index >= 15 is 0 Å². The molecule has 1 fully saturated rings. The van der Waals surface area contributed by atoms with Crippen LogP contribution < -0.4 is 10.5 Å². The highest BCUT2D eigenvalue weighted by Crippen LogP contribution is 2.31. The van der Waals surface area contributed by atoms with Gasteiger partial charge in [-0.25, -0.2) is 13.1 Å². The predicted octanol–water partition coefficient (Wildman–Crippen LogP) is 2.68. The molecule has 3 atom stereocenters. The van der Waals surface area contributed by atoms with Crippen LogP contribution in [0.25, 0.3) is 0 Å². The molecule has 0 heterocycles. The van der Waals surface area contributed by atoms with Crippen molar-refractivity contribution in [1.29, 1.82) is 0 Å². The lowest BCUT2D eigenvalue weighted by molar-refractivity contribution is 0.242. The fraction of sp³-hybridized carbons (Fsp3) is 0.600. The maximum absolute atomic E-state index is 12.5. The lowest BCUT2D eigenvalue weighted by Gasteiger charge is -2.32. The first-order valence-corrected chi connectivity index (χ1v) is 8.67. The van der Waals surface area contributed by atoms with E-state index in [1.54, 1.807) is 25.1 Å². The van der Waals surface area contributed by atoms with Crippen LogP contribution in [0.5, 0.6) is 0 Å². The quantitative estimate of drug-likeness (QED) is 0.842. The molecule has 0 aliphatic heterocycles. The van der Waals surface area contributed by atoms with Gasteiger partial charge in [0.1, 0.15) is 4.90 Å². The zero-order valence-electron chi connectivity index (χ0n) is 12.4. The van der Waals surface area contributed by atoms with Crippen LogP contribution in [-0.2, 0) is 10.0 Å². The van der Waals surface area contributed by atoms with Crippen molar-refractivity contribution in [2.24, 2.45) is 11.8 Å². The molecule has 0 bridgehead atoms. The fourth-order valence-corrected chi connectivity index (χ4v) is 4.62. The normalized spacial score (nSPS) is 27.4. The van der Waals surface area contributed by atoms with E-state index in [9.17, 15) is 8.42 Å². The second-order valence-corrected chi connectivity index (χ2v) is 7.73. The Hall–Kier alpha value is -1.07. The van der Waals surface area contributed by atoms with Gasteiger partial charge in [-0.3, -0.25) is 0 Å². The number of nitrogens with one attached hydrogen (secondary N) is 1. The third-order valence-corrected chi connectivity index (χ3v) is 6.17. The smallest absolute Gasteiger partial charge is 0.243 e. The molecule has 0 saturated heterocycles. The molecule has 2 rings (SSSR count). The second kappa shape index (κ2) is 5.74. The Bertz CT molecular complexity index is 563. The zero-order valence-corrected chi connectivity index (χ0v) is 13.2. The predicted molar refractivity (Wildman–Crippen MR) is 81.9 cm³/mol. The standard InChI is InChI=1S/C15H24N2O2S/c1-10-7-8-13(9-12(10)3)17-20(18,19)15-11(2)5-4-6-14(15)16/h4-6,10,12-13,17H,7-9,16H2,1-3H3. The molecule has 20 heavy (non-hydrogen) atoms. The van der Waals surface area contributed by atoms with E-state index in [4.69, 9.17) is 5.73 Å². The molecular formula is C15H24N2O2S. The second-order valence-electron chi connectivity index (χ2n) is 6.08. The largest absolute Gasteiger partial charge is 0.398 e. The monoisotopic (exact) mass is 296 g/mol. The van der Waals surface area contributed by atoms with Crippen LogP contribution in [0.3, 0.4) is 0 Å². The van der Waals surface area contributed by atoms with E-state index in [2.05, 4.69) is 18.6 Å². The number of anilines is 1. The van der Waals surface area contributed by atoms with Crippen molar-refractivity contribution in [2.45, 2.75) is 51.0 Å². The van der Waals surface area contributed by atoms with Crippen LogP contribution in [-0.4, -0.2) is 14.5 Å². The highest BCUT2D eigenvalue weighted by atomic mass is 32.2. The molecule has 112 valence electrons. The van der Waals surface area contributed by atoms with E-state index in [-0.39, 0.29) is 10.9 Å². The third kappa shape index (κ3) is 3.15. The van der Waals surface area contributed by atoms with Crippen molar-refractivity contribution >= 4 is 15.7 Å². The van der Waals surface area contributed by atoms with Crippen LogP contribution in [0.15, 0.2) is 23.1 Å². The Morgan fingerprint density at radius 2 is 1.90 bits per heavy atom. The van der Waals surface area contributed by atoms with Crippen molar-refractivity contribution in [3.05, 3.63) is 23.8 Å². The average molecular weight is 296 g/mol. The number of nitrogens with two attached hydrogens (primary N) is 1. The topological polar surface area (TPSA) is 72.2 Å². The summed E-state index contributed by atoms with van der Waals surface area (Å²) in [6.45, 7) is 6.19. The fourth-order valence-electron chi connectivity index (χ4n) is 2.98. The first-order valence-electron chi connectivity index (χ1n) is 7.18. The molecule has 0 aromatic heterocycles. The van der Waals surface area contributed by atoms with Crippen LogP contribution in [0.4, 0.5) is 5.69 Å². The SMILES string of the molecule is Cc1cccc(N)c1S(=O)(=O)NC1CCC(C)C(C)C1. The summed E-state index contributed by atoms with van der Waals surface area (Å²) in [6, 6.07) is 5.20. The highest BCUT2D eigenvalue weighted by Gasteiger charge is 2.29. The van der Waals surface area contributed by atoms with E-state index < -0.39 is 10.0 Å².